The number of benzene rings is 2. The maximum Gasteiger partial charge on any atom is 0.266 e. The molecule has 0 saturated carbocycles. The fraction of sp³-hybridized carbons (Fsp3) is 0.300. The number of carbonyl (C=O) groups excluding carboxylic acids is 1. The average molecular weight is 389 g/mol. The van der Waals surface area contributed by atoms with Crippen LogP contribution in [0.1, 0.15) is 33.3 Å². The van der Waals surface area contributed by atoms with Crippen molar-refractivity contribution in [3.8, 4) is 5.75 Å². The monoisotopic (exact) mass is 388 g/mol. The number of fused-ring (bicyclic) bond motifs is 1. The molecule has 6 heteroatoms. The van der Waals surface area contributed by atoms with Crippen LogP contribution in [0.2, 0.25) is 5.02 Å². The van der Waals surface area contributed by atoms with Crippen LogP contribution in [-0.2, 0) is 10.2 Å². The van der Waals surface area contributed by atoms with E-state index in [4.69, 9.17) is 16.3 Å². The van der Waals surface area contributed by atoms with Crippen molar-refractivity contribution in [3.05, 3.63) is 53.1 Å². The van der Waals surface area contributed by atoms with Crippen LogP contribution in [0, 0.1) is 0 Å². The first kappa shape index (κ1) is 18.7. The summed E-state index contributed by atoms with van der Waals surface area (Å²) >= 11 is 7.37. The number of carbonyl (C=O) groups is 1. The van der Waals surface area contributed by atoms with Gasteiger partial charge in [0.15, 0.2) is 11.2 Å². The van der Waals surface area contributed by atoms with Crippen LogP contribution in [0.25, 0.3) is 10.2 Å². The molecule has 0 aliphatic rings. The first-order valence-corrected chi connectivity index (χ1v) is 9.56. The Balaban J connectivity index is 1.65. The van der Waals surface area contributed by atoms with Gasteiger partial charge >= 0.3 is 0 Å². The van der Waals surface area contributed by atoms with Gasteiger partial charge < -0.3 is 4.74 Å². The number of anilines is 1. The molecule has 26 heavy (non-hydrogen) atoms. The third-order valence-electron chi connectivity index (χ3n) is 3.98. The van der Waals surface area contributed by atoms with E-state index < -0.39 is 6.10 Å². The number of hydrogen-bond acceptors (Lipinski definition) is 4. The molecule has 3 rings (SSSR count). The van der Waals surface area contributed by atoms with Gasteiger partial charge in [-0.3, -0.25) is 10.1 Å². The molecular formula is C20H21ClN2O2S. The van der Waals surface area contributed by atoms with Gasteiger partial charge in [0.1, 0.15) is 5.75 Å². The Morgan fingerprint density at radius 1 is 1.19 bits per heavy atom. The summed E-state index contributed by atoms with van der Waals surface area (Å²) in [6, 6.07) is 13.3. The van der Waals surface area contributed by atoms with Crippen molar-refractivity contribution in [2.24, 2.45) is 0 Å². The second-order valence-corrected chi connectivity index (χ2v) is 8.62. The predicted octanol–water partition coefficient (Wildman–Crippen LogP) is 5.65. The highest BCUT2D eigenvalue weighted by Gasteiger charge is 2.18. The minimum absolute atomic E-state index is 0.0806. The number of nitrogens with zero attached hydrogens (tertiary/aromatic N) is 1. The summed E-state index contributed by atoms with van der Waals surface area (Å²) < 4.78 is 6.68. The van der Waals surface area contributed by atoms with Crippen molar-refractivity contribution in [3.63, 3.8) is 0 Å². The molecule has 0 aliphatic carbocycles. The molecule has 4 nitrogen and oxygen atoms in total. The maximum absolute atomic E-state index is 12.4. The standard InChI is InChI=1S/C20H21ClN2O2S/c1-12(25-15-8-5-13(6-9-15)20(2,3)4)18(24)23-19-22-16-10-7-14(21)11-17(16)26-19/h5-12H,1-4H3,(H,22,23,24). The van der Waals surface area contributed by atoms with Gasteiger partial charge in [-0.25, -0.2) is 4.98 Å². The number of ether oxygens (including phenoxy) is 1. The Morgan fingerprint density at radius 2 is 1.88 bits per heavy atom. The highest BCUT2D eigenvalue weighted by Crippen LogP contribution is 2.29. The van der Waals surface area contributed by atoms with E-state index in [1.165, 1.54) is 16.9 Å². The lowest BCUT2D eigenvalue weighted by molar-refractivity contribution is -0.122. The first-order valence-electron chi connectivity index (χ1n) is 8.36. The van der Waals surface area contributed by atoms with Crippen LogP contribution in [0.4, 0.5) is 5.13 Å². The molecule has 0 fully saturated rings. The van der Waals surface area contributed by atoms with Gasteiger partial charge in [0, 0.05) is 5.02 Å². The van der Waals surface area contributed by atoms with Crippen LogP contribution in [0.5, 0.6) is 5.75 Å². The van der Waals surface area contributed by atoms with Gasteiger partial charge in [-0.15, -0.1) is 0 Å². The number of halogens is 1. The summed E-state index contributed by atoms with van der Waals surface area (Å²) in [6.45, 7) is 8.19. The summed E-state index contributed by atoms with van der Waals surface area (Å²) in [5.74, 6) is 0.423. The lowest BCUT2D eigenvalue weighted by Crippen LogP contribution is -2.30. The zero-order chi connectivity index (χ0) is 18.9. The minimum Gasteiger partial charge on any atom is -0.481 e. The van der Waals surface area contributed by atoms with E-state index in [2.05, 4.69) is 31.1 Å². The van der Waals surface area contributed by atoms with Crippen molar-refractivity contribution < 1.29 is 9.53 Å². The molecule has 2 aromatic carbocycles. The molecule has 1 unspecified atom stereocenters. The highest BCUT2D eigenvalue weighted by atomic mass is 35.5. The zero-order valence-corrected chi connectivity index (χ0v) is 16.7. The predicted molar refractivity (Wildman–Crippen MR) is 108 cm³/mol. The van der Waals surface area contributed by atoms with E-state index in [1.807, 2.05) is 36.4 Å². The first-order chi connectivity index (χ1) is 12.2. The lowest BCUT2D eigenvalue weighted by Gasteiger charge is -2.20. The molecule has 1 aromatic heterocycles. The molecule has 0 radical (unpaired) electrons. The third-order valence-corrected chi connectivity index (χ3v) is 5.15. The second kappa shape index (κ2) is 7.25. The van der Waals surface area contributed by atoms with Crippen molar-refractivity contribution in [1.82, 2.24) is 4.98 Å². The molecule has 136 valence electrons. The fourth-order valence-corrected chi connectivity index (χ4v) is 3.59. The molecule has 1 amide bonds. The smallest absolute Gasteiger partial charge is 0.266 e. The van der Waals surface area contributed by atoms with Crippen molar-refractivity contribution in [2.75, 3.05) is 5.32 Å². The lowest BCUT2D eigenvalue weighted by atomic mass is 9.87. The van der Waals surface area contributed by atoms with Gasteiger partial charge in [-0.05, 0) is 48.2 Å². The van der Waals surface area contributed by atoms with Gasteiger partial charge in [0.05, 0.1) is 10.2 Å². The Hall–Kier alpha value is -2.11. The summed E-state index contributed by atoms with van der Waals surface area (Å²) in [6.07, 6.45) is -0.633. The molecular weight excluding hydrogens is 368 g/mol. The highest BCUT2D eigenvalue weighted by molar-refractivity contribution is 7.22. The SMILES string of the molecule is CC(Oc1ccc(C(C)(C)C)cc1)C(=O)Nc1nc2ccc(Cl)cc2s1. The van der Waals surface area contributed by atoms with Crippen LogP contribution >= 0.6 is 22.9 Å². The average Bonchev–Trinajstić information content (AvgIpc) is 2.95. The van der Waals surface area contributed by atoms with Crippen molar-refractivity contribution in [2.45, 2.75) is 39.2 Å². The van der Waals surface area contributed by atoms with E-state index in [9.17, 15) is 4.79 Å². The van der Waals surface area contributed by atoms with Crippen molar-refractivity contribution in [1.29, 1.82) is 0 Å². The number of rotatable bonds is 4. The normalized spacial score (nSPS) is 12.8. The van der Waals surface area contributed by atoms with E-state index >= 15 is 0 Å². The molecule has 0 bridgehead atoms. The molecule has 1 heterocycles. The van der Waals surface area contributed by atoms with Crippen LogP contribution in [-0.4, -0.2) is 17.0 Å². The molecule has 3 aromatic rings. The summed E-state index contributed by atoms with van der Waals surface area (Å²) in [7, 11) is 0. The summed E-state index contributed by atoms with van der Waals surface area (Å²) in [5.41, 5.74) is 2.10. The van der Waals surface area contributed by atoms with E-state index in [-0.39, 0.29) is 11.3 Å². The largest absolute Gasteiger partial charge is 0.481 e. The van der Waals surface area contributed by atoms with Crippen molar-refractivity contribution >= 4 is 44.2 Å². The molecule has 1 atom stereocenters. The molecule has 1 N–H and O–H groups in total. The van der Waals surface area contributed by atoms with Gasteiger partial charge in [0.2, 0.25) is 0 Å². The maximum atomic E-state index is 12.4. The van der Waals surface area contributed by atoms with Crippen LogP contribution in [0.15, 0.2) is 42.5 Å². The Bertz CT molecular complexity index is 929. The van der Waals surface area contributed by atoms with E-state index in [1.54, 1.807) is 13.0 Å². The van der Waals surface area contributed by atoms with Gasteiger partial charge in [0.25, 0.3) is 5.91 Å². The number of aromatic nitrogens is 1. The Labute approximate surface area is 162 Å². The Kier molecular flexibility index (Phi) is 5.21. The van der Waals surface area contributed by atoms with E-state index in [0.29, 0.717) is 15.9 Å². The second-order valence-electron chi connectivity index (χ2n) is 7.15. The third kappa shape index (κ3) is 4.34. The number of nitrogens with one attached hydrogen (secondary N) is 1. The molecule has 0 saturated heterocycles. The Morgan fingerprint density at radius 3 is 2.54 bits per heavy atom. The van der Waals surface area contributed by atoms with E-state index in [0.717, 1.165) is 10.2 Å². The number of hydrogen-bond donors (Lipinski definition) is 1. The van der Waals surface area contributed by atoms with Crippen LogP contribution < -0.4 is 10.1 Å². The number of amides is 1. The minimum atomic E-state index is -0.633. The molecule has 0 aliphatic heterocycles. The number of thiazole rings is 1. The summed E-state index contributed by atoms with van der Waals surface area (Å²) in [5, 5.41) is 3.99. The van der Waals surface area contributed by atoms with Crippen LogP contribution in [0.3, 0.4) is 0 Å². The topological polar surface area (TPSA) is 51.2 Å². The molecule has 0 spiro atoms. The zero-order valence-electron chi connectivity index (χ0n) is 15.2. The quantitative estimate of drug-likeness (QED) is 0.628. The summed E-state index contributed by atoms with van der Waals surface area (Å²) in [4.78, 5) is 16.8. The fourth-order valence-electron chi connectivity index (χ4n) is 2.45. The van der Waals surface area contributed by atoms with Gasteiger partial charge in [-0.2, -0.15) is 0 Å². The van der Waals surface area contributed by atoms with Gasteiger partial charge in [-0.1, -0.05) is 55.8 Å².